The summed E-state index contributed by atoms with van der Waals surface area (Å²) >= 11 is 0. The molecule has 0 unspecified atom stereocenters. The Balaban J connectivity index is 2.58. The summed E-state index contributed by atoms with van der Waals surface area (Å²) in [5.74, 6) is -0.244. The van der Waals surface area contributed by atoms with Crippen LogP contribution in [-0.2, 0) is 18.2 Å². The standard InChI is InChI=1S/C14H17NO2/c1-4-10-6-7-13-11(8-10)12(9-15(13)3)14(16)17-5-2/h6-9H,4-5H2,1-3H3. The van der Waals surface area contributed by atoms with Crippen LogP contribution in [-0.4, -0.2) is 17.1 Å². The van der Waals surface area contributed by atoms with E-state index in [1.54, 1.807) is 0 Å². The van der Waals surface area contributed by atoms with Gasteiger partial charge in [-0.3, -0.25) is 0 Å². The molecular weight excluding hydrogens is 214 g/mol. The number of carbonyl (C=O) groups excluding carboxylic acids is 1. The van der Waals surface area contributed by atoms with Crippen molar-refractivity contribution in [2.75, 3.05) is 6.61 Å². The first-order valence-corrected chi connectivity index (χ1v) is 5.92. The second kappa shape index (κ2) is 4.62. The van der Waals surface area contributed by atoms with Gasteiger partial charge in [0.15, 0.2) is 0 Å². The van der Waals surface area contributed by atoms with Crippen LogP contribution in [0.1, 0.15) is 29.8 Å². The molecule has 0 atom stereocenters. The molecule has 90 valence electrons. The maximum Gasteiger partial charge on any atom is 0.340 e. The molecule has 0 amide bonds. The first-order chi connectivity index (χ1) is 8.17. The van der Waals surface area contributed by atoms with Crippen LogP contribution in [0, 0.1) is 0 Å². The average molecular weight is 231 g/mol. The highest BCUT2D eigenvalue weighted by atomic mass is 16.5. The number of aromatic nitrogens is 1. The van der Waals surface area contributed by atoms with Crippen LogP contribution in [0.3, 0.4) is 0 Å². The number of hydrogen-bond acceptors (Lipinski definition) is 2. The molecule has 0 spiro atoms. The summed E-state index contributed by atoms with van der Waals surface area (Å²) in [4.78, 5) is 11.8. The van der Waals surface area contributed by atoms with Crippen LogP contribution < -0.4 is 0 Å². The number of hydrogen-bond donors (Lipinski definition) is 0. The average Bonchev–Trinajstić information content (AvgIpc) is 2.66. The van der Waals surface area contributed by atoms with E-state index in [4.69, 9.17) is 4.74 Å². The highest BCUT2D eigenvalue weighted by molar-refractivity contribution is 6.04. The van der Waals surface area contributed by atoms with Gasteiger partial charge < -0.3 is 9.30 Å². The van der Waals surface area contributed by atoms with Gasteiger partial charge in [-0.2, -0.15) is 0 Å². The monoisotopic (exact) mass is 231 g/mol. The number of ether oxygens (including phenoxy) is 1. The molecule has 3 heteroatoms. The van der Waals surface area contributed by atoms with E-state index in [-0.39, 0.29) is 5.97 Å². The minimum atomic E-state index is -0.244. The summed E-state index contributed by atoms with van der Waals surface area (Å²) in [7, 11) is 1.94. The second-order valence-electron chi connectivity index (χ2n) is 4.08. The molecule has 0 bridgehead atoms. The molecule has 0 saturated carbocycles. The van der Waals surface area contributed by atoms with Gasteiger partial charge in [-0.15, -0.1) is 0 Å². The first kappa shape index (κ1) is 11.7. The second-order valence-corrected chi connectivity index (χ2v) is 4.08. The summed E-state index contributed by atoms with van der Waals surface area (Å²) in [6.45, 7) is 4.33. The maximum absolute atomic E-state index is 11.8. The van der Waals surface area contributed by atoms with Gasteiger partial charge in [0.2, 0.25) is 0 Å². The Morgan fingerprint density at radius 1 is 1.35 bits per heavy atom. The Hall–Kier alpha value is -1.77. The molecule has 0 fully saturated rings. The van der Waals surface area contributed by atoms with Crippen molar-refractivity contribution in [3.8, 4) is 0 Å². The van der Waals surface area contributed by atoms with Crippen molar-refractivity contribution in [3.63, 3.8) is 0 Å². The molecule has 2 rings (SSSR count). The summed E-state index contributed by atoms with van der Waals surface area (Å²) < 4.78 is 7.03. The smallest absolute Gasteiger partial charge is 0.340 e. The van der Waals surface area contributed by atoms with Gasteiger partial charge in [-0.05, 0) is 31.0 Å². The number of esters is 1. The molecule has 0 aliphatic rings. The van der Waals surface area contributed by atoms with E-state index in [9.17, 15) is 4.79 Å². The van der Waals surface area contributed by atoms with Crippen LogP contribution in [0.5, 0.6) is 0 Å². The van der Waals surface area contributed by atoms with Crippen LogP contribution in [0.15, 0.2) is 24.4 Å². The van der Waals surface area contributed by atoms with E-state index in [1.807, 2.05) is 24.7 Å². The predicted octanol–water partition coefficient (Wildman–Crippen LogP) is 2.92. The van der Waals surface area contributed by atoms with Crippen molar-refractivity contribution in [1.29, 1.82) is 0 Å². The molecule has 17 heavy (non-hydrogen) atoms. The summed E-state index contributed by atoms with van der Waals surface area (Å²) in [5, 5.41) is 0.977. The lowest BCUT2D eigenvalue weighted by molar-refractivity contribution is 0.0528. The summed E-state index contributed by atoms with van der Waals surface area (Å²) in [6, 6.07) is 6.22. The minimum Gasteiger partial charge on any atom is -0.462 e. The number of rotatable bonds is 3. The number of benzene rings is 1. The van der Waals surface area contributed by atoms with Gasteiger partial charge in [0.25, 0.3) is 0 Å². The lowest BCUT2D eigenvalue weighted by Crippen LogP contribution is -2.03. The quantitative estimate of drug-likeness (QED) is 0.760. The predicted molar refractivity (Wildman–Crippen MR) is 68.3 cm³/mol. The zero-order valence-electron chi connectivity index (χ0n) is 10.5. The van der Waals surface area contributed by atoms with Gasteiger partial charge in [-0.1, -0.05) is 13.0 Å². The molecule has 3 nitrogen and oxygen atoms in total. The zero-order valence-corrected chi connectivity index (χ0v) is 10.5. The van der Waals surface area contributed by atoms with Crippen molar-refractivity contribution < 1.29 is 9.53 Å². The number of carbonyl (C=O) groups is 1. The Kier molecular flexibility index (Phi) is 3.18. The lowest BCUT2D eigenvalue weighted by Gasteiger charge is -2.01. The largest absolute Gasteiger partial charge is 0.462 e. The Morgan fingerprint density at radius 3 is 2.76 bits per heavy atom. The van der Waals surface area contributed by atoms with E-state index in [0.29, 0.717) is 12.2 Å². The molecule has 1 aromatic heterocycles. The topological polar surface area (TPSA) is 31.2 Å². The molecule has 2 aromatic rings. The lowest BCUT2D eigenvalue weighted by atomic mass is 10.1. The molecule has 0 saturated heterocycles. The van der Waals surface area contributed by atoms with Gasteiger partial charge >= 0.3 is 5.97 Å². The molecular formula is C14H17NO2. The van der Waals surface area contributed by atoms with Crippen molar-refractivity contribution in [2.45, 2.75) is 20.3 Å². The zero-order chi connectivity index (χ0) is 12.4. The minimum absolute atomic E-state index is 0.244. The van der Waals surface area contributed by atoms with Crippen LogP contribution in [0.4, 0.5) is 0 Å². The first-order valence-electron chi connectivity index (χ1n) is 5.92. The van der Waals surface area contributed by atoms with Crippen molar-refractivity contribution in [2.24, 2.45) is 7.05 Å². The molecule has 1 aromatic carbocycles. The van der Waals surface area contributed by atoms with E-state index in [2.05, 4.69) is 25.1 Å². The third kappa shape index (κ3) is 2.05. The Labute approximate surface area is 101 Å². The number of aryl methyl sites for hydroxylation is 2. The van der Waals surface area contributed by atoms with Crippen molar-refractivity contribution in [3.05, 3.63) is 35.5 Å². The normalized spacial score (nSPS) is 10.8. The van der Waals surface area contributed by atoms with Crippen molar-refractivity contribution in [1.82, 2.24) is 4.57 Å². The molecule has 1 heterocycles. The van der Waals surface area contributed by atoms with Crippen LogP contribution in [0.2, 0.25) is 0 Å². The molecule has 0 aliphatic carbocycles. The Morgan fingerprint density at radius 2 is 2.12 bits per heavy atom. The van der Waals surface area contributed by atoms with Crippen LogP contribution in [0.25, 0.3) is 10.9 Å². The summed E-state index contributed by atoms with van der Waals surface area (Å²) in [6.07, 6.45) is 2.80. The fourth-order valence-corrected chi connectivity index (χ4v) is 2.03. The van der Waals surface area contributed by atoms with Gasteiger partial charge in [0, 0.05) is 24.1 Å². The highest BCUT2D eigenvalue weighted by Crippen LogP contribution is 2.23. The molecule has 0 aliphatic heterocycles. The Bertz CT molecular complexity index is 555. The van der Waals surface area contributed by atoms with E-state index >= 15 is 0 Å². The number of fused-ring (bicyclic) bond motifs is 1. The SMILES string of the molecule is CCOC(=O)c1cn(C)c2ccc(CC)cc12. The van der Waals surface area contributed by atoms with E-state index in [0.717, 1.165) is 17.3 Å². The van der Waals surface area contributed by atoms with Crippen molar-refractivity contribution >= 4 is 16.9 Å². The van der Waals surface area contributed by atoms with E-state index in [1.165, 1.54) is 5.56 Å². The van der Waals surface area contributed by atoms with Gasteiger partial charge in [0.1, 0.15) is 0 Å². The third-order valence-corrected chi connectivity index (χ3v) is 2.96. The molecule has 0 radical (unpaired) electrons. The third-order valence-electron chi connectivity index (χ3n) is 2.96. The van der Waals surface area contributed by atoms with E-state index < -0.39 is 0 Å². The van der Waals surface area contributed by atoms with Crippen LogP contribution >= 0.6 is 0 Å². The van der Waals surface area contributed by atoms with Gasteiger partial charge in [0.05, 0.1) is 12.2 Å². The maximum atomic E-state index is 11.8. The fraction of sp³-hybridized carbons (Fsp3) is 0.357. The number of nitrogens with zero attached hydrogens (tertiary/aromatic N) is 1. The van der Waals surface area contributed by atoms with Gasteiger partial charge in [-0.25, -0.2) is 4.79 Å². The highest BCUT2D eigenvalue weighted by Gasteiger charge is 2.14. The summed E-state index contributed by atoms with van der Waals surface area (Å²) in [5.41, 5.74) is 2.94. The molecule has 0 N–H and O–H groups in total. The fourth-order valence-electron chi connectivity index (χ4n) is 2.03.